The van der Waals surface area contributed by atoms with Crippen LogP contribution in [0.5, 0.6) is 11.5 Å². The number of hydrogen-bond acceptors (Lipinski definition) is 5. The minimum atomic E-state index is -0.198. The lowest BCUT2D eigenvalue weighted by atomic mass is 10.2. The Morgan fingerprint density at radius 1 is 1.45 bits per heavy atom. The maximum Gasteiger partial charge on any atom is 0.251 e. The molecule has 1 aromatic rings. The van der Waals surface area contributed by atoms with Crippen molar-refractivity contribution < 1.29 is 19.4 Å². The van der Waals surface area contributed by atoms with Gasteiger partial charge in [-0.1, -0.05) is 0 Å². The molecular weight excluding hydrogens is 260 g/mol. The van der Waals surface area contributed by atoms with Crippen LogP contribution in [0.25, 0.3) is 0 Å². The molecule has 20 heavy (non-hydrogen) atoms. The summed E-state index contributed by atoms with van der Waals surface area (Å²) in [6.07, 6.45) is 0. The quantitative estimate of drug-likeness (QED) is 0.820. The van der Waals surface area contributed by atoms with Gasteiger partial charge in [-0.15, -0.1) is 0 Å². The summed E-state index contributed by atoms with van der Waals surface area (Å²) < 4.78 is 10.2. The number of amides is 1. The van der Waals surface area contributed by atoms with Crippen LogP contribution in [0.2, 0.25) is 0 Å². The van der Waals surface area contributed by atoms with E-state index in [2.05, 4.69) is 10.2 Å². The van der Waals surface area contributed by atoms with Crippen LogP contribution in [0.4, 0.5) is 0 Å². The van der Waals surface area contributed by atoms with Gasteiger partial charge in [0.15, 0.2) is 11.5 Å². The second-order valence-electron chi connectivity index (χ2n) is 4.60. The van der Waals surface area contributed by atoms with Gasteiger partial charge in [0.1, 0.15) is 0 Å². The van der Waals surface area contributed by atoms with Crippen molar-refractivity contribution in [2.75, 3.05) is 46.5 Å². The number of benzene rings is 1. The standard InChI is InChI=1S/C14H20N2O4/c1-19-13-3-2-11(10-12(13)17)14(18)15-4-5-16-6-8-20-9-7-16/h2-3,10,17H,4-9H2,1H3,(H,15,18). The van der Waals surface area contributed by atoms with E-state index in [0.29, 0.717) is 17.9 Å². The molecule has 0 radical (unpaired) electrons. The number of nitrogens with zero attached hydrogens (tertiary/aromatic N) is 1. The fourth-order valence-corrected chi connectivity index (χ4v) is 2.09. The predicted octanol–water partition coefficient (Wildman–Crippen LogP) is 0.463. The summed E-state index contributed by atoms with van der Waals surface area (Å²) in [5.74, 6) is 0.124. The lowest BCUT2D eigenvalue weighted by molar-refractivity contribution is 0.0383. The summed E-state index contributed by atoms with van der Waals surface area (Å²) in [6.45, 7) is 4.68. The highest BCUT2D eigenvalue weighted by molar-refractivity contribution is 5.94. The first kappa shape index (κ1) is 14.6. The summed E-state index contributed by atoms with van der Waals surface area (Å²) >= 11 is 0. The van der Waals surface area contributed by atoms with Crippen molar-refractivity contribution in [1.29, 1.82) is 0 Å². The molecule has 6 nitrogen and oxygen atoms in total. The maximum absolute atomic E-state index is 11.9. The Bertz CT molecular complexity index is 458. The fourth-order valence-electron chi connectivity index (χ4n) is 2.09. The highest BCUT2D eigenvalue weighted by Gasteiger charge is 2.12. The normalized spacial score (nSPS) is 15.8. The summed E-state index contributed by atoms with van der Waals surface area (Å²) in [5, 5.41) is 12.5. The average molecular weight is 280 g/mol. The Balaban J connectivity index is 1.80. The molecule has 0 saturated carbocycles. The van der Waals surface area contributed by atoms with Crippen LogP contribution < -0.4 is 10.1 Å². The van der Waals surface area contributed by atoms with E-state index in [9.17, 15) is 9.90 Å². The molecule has 0 atom stereocenters. The van der Waals surface area contributed by atoms with E-state index < -0.39 is 0 Å². The minimum absolute atomic E-state index is 0.0340. The number of phenolic OH excluding ortho intramolecular Hbond substituents is 1. The van der Waals surface area contributed by atoms with Gasteiger partial charge in [0.25, 0.3) is 5.91 Å². The molecule has 1 fully saturated rings. The number of nitrogens with one attached hydrogen (secondary N) is 1. The number of aromatic hydroxyl groups is 1. The van der Waals surface area contributed by atoms with Gasteiger partial charge in [0.2, 0.25) is 0 Å². The first-order valence-corrected chi connectivity index (χ1v) is 6.66. The third-order valence-corrected chi connectivity index (χ3v) is 3.26. The van der Waals surface area contributed by atoms with Crippen LogP contribution in [0.15, 0.2) is 18.2 Å². The lowest BCUT2D eigenvalue weighted by Crippen LogP contribution is -2.41. The molecule has 110 valence electrons. The zero-order valence-electron chi connectivity index (χ0n) is 11.6. The van der Waals surface area contributed by atoms with Crippen LogP contribution >= 0.6 is 0 Å². The maximum atomic E-state index is 11.9. The van der Waals surface area contributed by atoms with E-state index in [4.69, 9.17) is 9.47 Å². The van der Waals surface area contributed by atoms with Crippen molar-refractivity contribution in [3.8, 4) is 11.5 Å². The number of hydrogen-bond donors (Lipinski definition) is 2. The monoisotopic (exact) mass is 280 g/mol. The Hall–Kier alpha value is -1.79. The molecule has 1 heterocycles. The molecule has 6 heteroatoms. The Morgan fingerprint density at radius 3 is 2.85 bits per heavy atom. The van der Waals surface area contributed by atoms with Crippen LogP contribution in [-0.4, -0.2) is 62.4 Å². The number of phenols is 1. The average Bonchev–Trinajstić information content (AvgIpc) is 2.48. The minimum Gasteiger partial charge on any atom is -0.504 e. The molecule has 1 aliphatic heterocycles. The van der Waals surface area contributed by atoms with E-state index in [1.165, 1.54) is 13.2 Å². The zero-order valence-corrected chi connectivity index (χ0v) is 11.6. The van der Waals surface area contributed by atoms with Gasteiger partial charge in [-0.2, -0.15) is 0 Å². The highest BCUT2D eigenvalue weighted by atomic mass is 16.5. The third-order valence-electron chi connectivity index (χ3n) is 3.26. The molecule has 2 rings (SSSR count). The third kappa shape index (κ3) is 3.85. The Labute approximate surface area is 118 Å². The molecule has 1 amide bonds. The van der Waals surface area contributed by atoms with Crippen LogP contribution in [-0.2, 0) is 4.74 Å². The van der Waals surface area contributed by atoms with Crippen LogP contribution in [0.3, 0.4) is 0 Å². The van der Waals surface area contributed by atoms with Crippen molar-refractivity contribution in [1.82, 2.24) is 10.2 Å². The second-order valence-corrected chi connectivity index (χ2v) is 4.60. The van der Waals surface area contributed by atoms with E-state index in [1.54, 1.807) is 12.1 Å². The SMILES string of the molecule is COc1ccc(C(=O)NCCN2CCOCC2)cc1O. The van der Waals surface area contributed by atoms with Crippen LogP contribution in [0, 0.1) is 0 Å². The topological polar surface area (TPSA) is 71.0 Å². The van der Waals surface area contributed by atoms with Gasteiger partial charge in [0, 0.05) is 31.7 Å². The number of carbonyl (C=O) groups is 1. The molecule has 0 bridgehead atoms. The number of morpholine rings is 1. The first-order chi connectivity index (χ1) is 9.70. The molecule has 1 aromatic carbocycles. The summed E-state index contributed by atoms with van der Waals surface area (Å²) in [5.41, 5.74) is 0.422. The van der Waals surface area contributed by atoms with E-state index in [0.717, 1.165) is 32.8 Å². The van der Waals surface area contributed by atoms with Crippen molar-refractivity contribution in [3.63, 3.8) is 0 Å². The Kier molecular flexibility index (Phi) is 5.20. The lowest BCUT2D eigenvalue weighted by Gasteiger charge is -2.26. The number of carbonyl (C=O) groups excluding carboxylic acids is 1. The summed E-state index contributed by atoms with van der Waals surface area (Å²) in [4.78, 5) is 14.2. The number of methoxy groups -OCH3 is 1. The van der Waals surface area contributed by atoms with Gasteiger partial charge in [0.05, 0.1) is 20.3 Å². The second kappa shape index (κ2) is 7.12. The Morgan fingerprint density at radius 2 is 2.20 bits per heavy atom. The molecule has 2 N–H and O–H groups in total. The van der Waals surface area contributed by atoms with Gasteiger partial charge in [-0.05, 0) is 18.2 Å². The molecule has 0 unspecified atom stereocenters. The molecule has 1 aliphatic rings. The van der Waals surface area contributed by atoms with Gasteiger partial charge >= 0.3 is 0 Å². The zero-order chi connectivity index (χ0) is 14.4. The molecule has 0 spiro atoms. The smallest absolute Gasteiger partial charge is 0.251 e. The molecule has 0 aliphatic carbocycles. The molecule has 0 aromatic heterocycles. The van der Waals surface area contributed by atoms with Gasteiger partial charge in [-0.25, -0.2) is 0 Å². The van der Waals surface area contributed by atoms with E-state index in [1.807, 2.05) is 0 Å². The van der Waals surface area contributed by atoms with Gasteiger partial charge < -0.3 is 19.9 Å². The number of rotatable bonds is 5. The molecule has 1 saturated heterocycles. The van der Waals surface area contributed by atoms with Crippen LogP contribution in [0.1, 0.15) is 10.4 Å². The van der Waals surface area contributed by atoms with Crippen molar-refractivity contribution >= 4 is 5.91 Å². The fraction of sp³-hybridized carbons (Fsp3) is 0.500. The molecular formula is C14H20N2O4. The van der Waals surface area contributed by atoms with E-state index in [-0.39, 0.29) is 11.7 Å². The van der Waals surface area contributed by atoms with Crippen molar-refractivity contribution in [2.24, 2.45) is 0 Å². The highest BCUT2D eigenvalue weighted by Crippen LogP contribution is 2.25. The summed E-state index contributed by atoms with van der Waals surface area (Å²) in [7, 11) is 1.47. The summed E-state index contributed by atoms with van der Waals surface area (Å²) in [6, 6.07) is 4.61. The van der Waals surface area contributed by atoms with E-state index >= 15 is 0 Å². The first-order valence-electron chi connectivity index (χ1n) is 6.66. The predicted molar refractivity (Wildman–Crippen MR) is 74.3 cm³/mol. The van der Waals surface area contributed by atoms with Gasteiger partial charge in [-0.3, -0.25) is 9.69 Å². The largest absolute Gasteiger partial charge is 0.504 e. The van der Waals surface area contributed by atoms with Crippen molar-refractivity contribution in [2.45, 2.75) is 0 Å². The van der Waals surface area contributed by atoms with Crippen molar-refractivity contribution in [3.05, 3.63) is 23.8 Å². The number of ether oxygens (including phenoxy) is 2.